The highest BCUT2D eigenvalue weighted by atomic mass is 16.1. The fraction of sp³-hybridized carbons (Fsp3) is 0.917. The lowest BCUT2D eigenvalue weighted by molar-refractivity contribution is -0.121. The van der Waals surface area contributed by atoms with Crippen molar-refractivity contribution in [2.24, 2.45) is 11.0 Å². The number of carbonyl (C=O) groups is 1. The van der Waals surface area contributed by atoms with E-state index in [0.29, 0.717) is 18.9 Å². The number of nitrogens with zero attached hydrogens (tertiary/aromatic N) is 3. The Morgan fingerprint density at radius 1 is 1.29 bits per heavy atom. The van der Waals surface area contributed by atoms with Crippen molar-refractivity contribution in [3.05, 3.63) is 10.4 Å². The number of azide groups is 1. The number of carbonyl (C=O) groups excluding carboxylic acids is 1. The van der Waals surface area contributed by atoms with Crippen molar-refractivity contribution in [1.82, 2.24) is 5.32 Å². The Balaban J connectivity index is 3.21. The van der Waals surface area contributed by atoms with Crippen LogP contribution in [0.2, 0.25) is 0 Å². The van der Waals surface area contributed by atoms with E-state index in [9.17, 15) is 4.79 Å². The molecule has 1 amide bonds. The van der Waals surface area contributed by atoms with Crippen LogP contribution >= 0.6 is 0 Å². The van der Waals surface area contributed by atoms with Crippen molar-refractivity contribution in [3.8, 4) is 0 Å². The fourth-order valence-electron chi connectivity index (χ4n) is 1.44. The minimum Gasteiger partial charge on any atom is -0.356 e. The molecule has 0 fully saturated rings. The third-order valence-corrected chi connectivity index (χ3v) is 2.52. The van der Waals surface area contributed by atoms with Gasteiger partial charge in [-0.2, -0.15) is 0 Å². The summed E-state index contributed by atoms with van der Waals surface area (Å²) >= 11 is 0. The fourth-order valence-corrected chi connectivity index (χ4v) is 1.44. The van der Waals surface area contributed by atoms with Crippen LogP contribution in [0.25, 0.3) is 10.4 Å². The molecule has 1 N–H and O–H groups in total. The summed E-state index contributed by atoms with van der Waals surface area (Å²) < 4.78 is 0. The molecule has 0 bridgehead atoms. The van der Waals surface area contributed by atoms with Crippen molar-refractivity contribution in [1.29, 1.82) is 0 Å². The lowest BCUT2D eigenvalue weighted by Crippen LogP contribution is -2.24. The van der Waals surface area contributed by atoms with Gasteiger partial charge in [-0.3, -0.25) is 4.79 Å². The number of unbranched alkanes of at least 4 members (excludes halogenated alkanes) is 3. The first-order chi connectivity index (χ1) is 8.16. The first-order valence-electron chi connectivity index (χ1n) is 6.44. The number of hydrogen-bond acceptors (Lipinski definition) is 2. The topological polar surface area (TPSA) is 77.9 Å². The van der Waals surface area contributed by atoms with Crippen molar-refractivity contribution in [2.75, 3.05) is 13.1 Å². The maximum absolute atomic E-state index is 11.4. The molecular formula is C12H24N4O. The largest absolute Gasteiger partial charge is 0.356 e. The van der Waals surface area contributed by atoms with Gasteiger partial charge in [0.15, 0.2) is 0 Å². The van der Waals surface area contributed by atoms with Crippen molar-refractivity contribution < 1.29 is 4.79 Å². The van der Waals surface area contributed by atoms with Gasteiger partial charge in [0.25, 0.3) is 0 Å². The summed E-state index contributed by atoms with van der Waals surface area (Å²) in [4.78, 5) is 14.1. The van der Waals surface area contributed by atoms with E-state index >= 15 is 0 Å². The number of amides is 1. The van der Waals surface area contributed by atoms with Crippen LogP contribution in [0.5, 0.6) is 0 Å². The van der Waals surface area contributed by atoms with E-state index in [2.05, 4.69) is 29.2 Å². The highest BCUT2D eigenvalue weighted by Gasteiger charge is 2.01. The van der Waals surface area contributed by atoms with Crippen LogP contribution < -0.4 is 5.32 Å². The number of nitrogens with one attached hydrogen (secondary N) is 1. The molecule has 0 unspecified atom stereocenters. The van der Waals surface area contributed by atoms with Crippen LogP contribution in [0, 0.1) is 5.92 Å². The van der Waals surface area contributed by atoms with Crippen LogP contribution in [0.3, 0.4) is 0 Å². The molecule has 0 rings (SSSR count). The highest BCUT2D eigenvalue weighted by molar-refractivity contribution is 5.75. The Morgan fingerprint density at radius 2 is 2.00 bits per heavy atom. The quantitative estimate of drug-likeness (QED) is 0.270. The summed E-state index contributed by atoms with van der Waals surface area (Å²) in [6, 6.07) is 0. The lowest BCUT2D eigenvalue weighted by atomic mass is 10.1. The predicted molar refractivity (Wildman–Crippen MR) is 69.6 cm³/mol. The summed E-state index contributed by atoms with van der Waals surface area (Å²) in [7, 11) is 0. The van der Waals surface area contributed by atoms with Crippen molar-refractivity contribution in [2.45, 2.75) is 52.4 Å². The minimum atomic E-state index is 0.160. The van der Waals surface area contributed by atoms with Crippen LogP contribution in [0.4, 0.5) is 0 Å². The maximum Gasteiger partial charge on any atom is 0.220 e. The molecule has 0 aromatic heterocycles. The molecule has 0 radical (unpaired) electrons. The van der Waals surface area contributed by atoms with E-state index in [4.69, 9.17) is 5.53 Å². The second-order valence-electron chi connectivity index (χ2n) is 4.65. The maximum atomic E-state index is 11.4. The monoisotopic (exact) mass is 240 g/mol. The van der Waals surface area contributed by atoms with Crippen molar-refractivity contribution >= 4 is 5.91 Å². The van der Waals surface area contributed by atoms with Crippen LogP contribution in [-0.4, -0.2) is 19.0 Å². The third-order valence-electron chi connectivity index (χ3n) is 2.52. The first kappa shape index (κ1) is 15.8. The van der Waals surface area contributed by atoms with Gasteiger partial charge in [-0.05, 0) is 30.7 Å². The molecule has 0 spiro atoms. The summed E-state index contributed by atoms with van der Waals surface area (Å²) in [6.45, 7) is 5.59. The van der Waals surface area contributed by atoms with Crippen LogP contribution in [0.15, 0.2) is 5.11 Å². The molecule has 0 aromatic carbocycles. The van der Waals surface area contributed by atoms with Gasteiger partial charge in [0.05, 0.1) is 0 Å². The van der Waals surface area contributed by atoms with Gasteiger partial charge in [-0.15, -0.1) is 0 Å². The van der Waals surface area contributed by atoms with Crippen molar-refractivity contribution in [3.63, 3.8) is 0 Å². The van der Waals surface area contributed by atoms with E-state index in [0.717, 1.165) is 38.6 Å². The number of rotatable bonds is 10. The van der Waals surface area contributed by atoms with Gasteiger partial charge < -0.3 is 5.32 Å². The molecule has 98 valence electrons. The van der Waals surface area contributed by atoms with E-state index in [1.807, 2.05) is 0 Å². The summed E-state index contributed by atoms with van der Waals surface area (Å²) in [5.74, 6) is 0.745. The molecular weight excluding hydrogens is 216 g/mol. The Bertz CT molecular complexity index is 247. The zero-order chi connectivity index (χ0) is 12.9. The molecule has 0 aliphatic heterocycles. The van der Waals surface area contributed by atoms with E-state index in [-0.39, 0.29) is 5.91 Å². The minimum absolute atomic E-state index is 0.160. The zero-order valence-electron chi connectivity index (χ0n) is 11.0. The summed E-state index contributed by atoms with van der Waals surface area (Å²) in [5.41, 5.74) is 8.07. The third kappa shape index (κ3) is 12.7. The van der Waals surface area contributed by atoms with Gasteiger partial charge >= 0.3 is 0 Å². The Labute approximate surface area is 104 Å². The molecule has 5 heteroatoms. The normalized spacial score (nSPS) is 10.1. The first-order valence-corrected chi connectivity index (χ1v) is 6.44. The Morgan fingerprint density at radius 3 is 2.65 bits per heavy atom. The molecule has 0 saturated heterocycles. The van der Waals surface area contributed by atoms with E-state index < -0.39 is 0 Å². The van der Waals surface area contributed by atoms with E-state index in [1.54, 1.807) is 0 Å². The molecule has 0 aliphatic carbocycles. The lowest BCUT2D eigenvalue weighted by Gasteiger charge is -2.06. The second kappa shape index (κ2) is 11.3. The van der Waals surface area contributed by atoms with Crippen LogP contribution in [0.1, 0.15) is 52.4 Å². The average Bonchev–Trinajstić information content (AvgIpc) is 2.30. The van der Waals surface area contributed by atoms with Gasteiger partial charge in [-0.25, -0.2) is 0 Å². The standard InChI is InChI=1S/C12H24N4O/c1-11(2)7-8-12(17)14-9-5-3-4-6-10-15-16-13/h11H,3-10H2,1-2H3,(H,14,17). The molecule has 0 heterocycles. The number of hydrogen-bond donors (Lipinski definition) is 1. The second-order valence-corrected chi connectivity index (χ2v) is 4.65. The summed E-state index contributed by atoms with van der Waals surface area (Å²) in [6.07, 6.45) is 5.66. The van der Waals surface area contributed by atoms with Gasteiger partial charge in [0.2, 0.25) is 5.91 Å². The van der Waals surface area contributed by atoms with Gasteiger partial charge in [0, 0.05) is 24.4 Å². The van der Waals surface area contributed by atoms with Gasteiger partial charge in [-0.1, -0.05) is 31.8 Å². The molecule has 0 aromatic rings. The summed E-state index contributed by atoms with van der Waals surface area (Å²) in [5, 5.41) is 6.39. The average molecular weight is 240 g/mol. The molecule has 5 nitrogen and oxygen atoms in total. The molecule has 0 aliphatic rings. The Kier molecular flexibility index (Phi) is 10.5. The molecule has 0 atom stereocenters. The zero-order valence-corrected chi connectivity index (χ0v) is 11.0. The molecule has 0 saturated carbocycles. The van der Waals surface area contributed by atoms with E-state index in [1.165, 1.54) is 0 Å². The predicted octanol–water partition coefficient (Wildman–Crippen LogP) is 3.41. The molecule has 17 heavy (non-hydrogen) atoms. The van der Waals surface area contributed by atoms with Gasteiger partial charge in [0.1, 0.15) is 0 Å². The SMILES string of the molecule is CC(C)CCC(=O)NCCCCCCN=[N+]=[N-]. The highest BCUT2D eigenvalue weighted by Crippen LogP contribution is 2.03. The van der Waals surface area contributed by atoms with Crippen LogP contribution in [-0.2, 0) is 4.79 Å². The smallest absolute Gasteiger partial charge is 0.220 e. The Hall–Kier alpha value is -1.22.